The number of nitrogens with zero attached hydrogens (tertiary/aromatic N) is 1. The van der Waals surface area contributed by atoms with Crippen LogP contribution in [0.15, 0.2) is 109 Å². The molecule has 5 aromatic carbocycles. The van der Waals surface area contributed by atoms with Crippen LogP contribution in [0.1, 0.15) is 26.3 Å². The highest BCUT2D eigenvalue weighted by atomic mass is 16.2. The first kappa shape index (κ1) is 21.4. The molecule has 0 aliphatic heterocycles. The van der Waals surface area contributed by atoms with Gasteiger partial charge in [0, 0.05) is 19.2 Å². The van der Waals surface area contributed by atoms with Crippen molar-refractivity contribution < 1.29 is 9.59 Å². The fourth-order valence-corrected chi connectivity index (χ4v) is 4.18. The average molecular weight is 445 g/mol. The highest BCUT2D eigenvalue weighted by Gasteiger charge is 2.19. The zero-order chi connectivity index (χ0) is 23.5. The van der Waals surface area contributed by atoms with Gasteiger partial charge in [-0.2, -0.15) is 0 Å². The second kappa shape index (κ2) is 9.20. The van der Waals surface area contributed by atoms with Gasteiger partial charge in [0.1, 0.15) is 0 Å². The molecule has 0 aromatic heterocycles. The molecule has 1 N–H and O–H groups in total. The molecule has 0 fully saturated rings. The van der Waals surface area contributed by atoms with Gasteiger partial charge in [0.05, 0.1) is 11.3 Å². The van der Waals surface area contributed by atoms with Crippen LogP contribution in [0.3, 0.4) is 0 Å². The molecule has 0 saturated heterocycles. The van der Waals surface area contributed by atoms with E-state index in [2.05, 4.69) is 5.32 Å². The number of nitrogens with one attached hydrogen (secondary N) is 1. The molecule has 5 rings (SSSR count). The molecule has 166 valence electrons. The molecule has 0 saturated carbocycles. The molecule has 0 heterocycles. The van der Waals surface area contributed by atoms with Gasteiger partial charge in [0.2, 0.25) is 0 Å². The minimum atomic E-state index is -0.249. The van der Waals surface area contributed by atoms with Gasteiger partial charge >= 0.3 is 0 Å². The number of fused-ring (bicyclic) bond motifs is 2. The lowest BCUT2D eigenvalue weighted by Crippen LogP contribution is -2.27. The molecule has 0 spiro atoms. The zero-order valence-electron chi connectivity index (χ0n) is 18.9. The van der Waals surface area contributed by atoms with Crippen LogP contribution in [0, 0.1) is 0 Å². The number of rotatable bonds is 5. The van der Waals surface area contributed by atoms with Gasteiger partial charge in [-0.25, -0.2) is 0 Å². The van der Waals surface area contributed by atoms with Crippen LogP contribution >= 0.6 is 0 Å². The summed E-state index contributed by atoms with van der Waals surface area (Å²) in [6.45, 7) is 0.477. The van der Waals surface area contributed by atoms with Crippen LogP contribution in [-0.2, 0) is 6.54 Å². The van der Waals surface area contributed by atoms with Crippen molar-refractivity contribution in [1.82, 2.24) is 4.90 Å². The van der Waals surface area contributed by atoms with Gasteiger partial charge in [0.15, 0.2) is 0 Å². The standard InChI is InChI=1S/C30H24N2O2/c1-32(20-21-9-3-2-4-10-21)30(34)27-18-24-13-7-8-14-25(24)19-28(27)31-29(33)26-16-15-22-11-5-6-12-23(22)17-26/h2-19H,20H2,1H3,(H,31,33). The van der Waals surface area contributed by atoms with E-state index in [1.54, 1.807) is 11.9 Å². The predicted molar refractivity (Wildman–Crippen MR) is 138 cm³/mol. The van der Waals surface area contributed by atoms with Crippen molar-refractivity contribution in [2.24, 2.45) is 0 Å². The van der Waals surface area contributed by atoms with Crippen molar-refractivity contribution in [1.29, 1.82) is 0 Å². The number of hydrogen-bond donors (Lipinski definition) is 1. The maximum Gasteiger partial charge on any atom is 0.256 e. The second-order valence-corrected chi connectivity index (χ2v) is 8.41. The fourth-order valence-electron chi connectivity index (χ4n) is 4.18. The molecule has 0 aliphatic rings. The van der Waals surface area contributed by atoms with Crippen LogP contribution in [-0.4, -0.2) is 23.8 Å². The molecule has 0 atom stereocenters. The summed E-state index contributed by atoms with van der Waals surface area (Å²) < 4.78 is 0. The Bertz CT molecular complexity index is 1510. The molecular weight excluding hydrogens is 420 g/mol. The first-order valence-corrected chi connectivity index (χ1v) is 11.2. The quantitative estimate of drug-likeness (QED) is 0.336. The Kier molecular flexibility index (Phi) is 5.79. The summed E-state index contributed by atoms with van der Waals surface area (Å²) in [5.41, 5.74) is 2.55. The Labute approximate surface area is 198 Å². The summed E-state index contributed by atoms with van der Waals surface area (Å²) in [5, 5.41) is 6.97. The molecule has 4 nitrogen and oxygen atoms in total. The highest BCUT2D eigenvalue weighted by molar-refractivity contribution is 6.12. The van der Waals surface area contributed by atoms with E-state index in [4.69, 9.17) is 0 Å². The highest BCUT2D eigenvalue weighted by Crippen LogP contribution is 2.27. The number of benzene rings is 5. The Morgan fingerprint density at radius 3 is 1.97 bits per heavy atom. The molecule has 2 amide bonds. The van der Waals surface area contributed by atoms with E-state index in [0.29, 0.717) is 23.4 Å². The lowest BCUT2D eigenvalue weighted by molar-refractivity contribution is 0.0786. The summed E-state index contributed by atoms with van der Waals surface area (Å²) in [4.78, 5) is 28.3. The van der Waals surface area contributed by atoms with Crippen LogP contribution in [0.2, 0.25) is 0 Å². The van der Waals surface area contributed by atoms with Crippen LogP contribution in [0.25, 0.3) is 21.5 Å². The van der Waals surface area contributed by atoms with E-state index in [1.807, 2.05) is 109 Å². The van der Waals surface area contributed by atoms with Gasteiger partial charge in [-0.3, -0.25) is 9.59 Å². The van der Waals surface area contributed by atoms with Crippen molar-refractivity contribution >= 4 is 39.0 Å². The van der Waals surface area contributed by atoms with Gasteiger partial charge in [-0.05, 0) is 51.4 Å². The Balaban J connectivity index is 1.49. The lowest BCUT2D eigenvalue weighted by atomic mass is 10.0. The van der Waals surface area contributed by atoms with Crippen molar-refractivity contribution in [3.63, 3.8) is 0 Å². The van der Waals surface area contributed by atoms with Gasteiger partial charge in [-0.1, -0.05) is 84.9 Å². The lowest BCUT2D eigenvalue weighted by Gasteiger charge is -2.20. The van der Waals surface area contributed by atoms with Gasteiger partial charge in [0.25, 0.3) is 11.8 Å². The van der Waals surface area contributed by atoms with Crippen LogP contribution < -0.4 is 5.32 Å². The fraction of sp³-hybridized carbons (Fsp3) is 0.0667. The predicted octanol–water partition coefficient (Wildman–Crippen LogP) is 6.52. The Morgan fingerprint density at radius 1 is 0.676 bits per heavy atom. The molecule has 0 bridgehead atoms. The Morgan fingerprint density at radius 2 is 1.26 bits per heavy atom. The SMILES string of the molecule is CN(Cc1ccccc1)C(=O)c1cc2ccccc2cc1NC(=O)c1ccc2ccccc2c1. The Hall–Kier alpha value is -4.44. The van der Waals surface area contributed by atoms with Gasteiger partial charge in [-0.15, -0.1) is 0 Å². The normalized spacial score (nSPS) is 10.9. The zero-order valence-corrected chi connectivity index (χ0v) is 18.9. The summed E-state index contributed by atoms with van der Waals surface area (Å²) in [5.74, 6) is -0.399. The first-order chi connectivity index (χ1) is 16.6. The maximum absolute atomic E-state index is 13.5. The number of carbonyl (C=O) groups excluding carboxylic acids is 2. The van der Waals surface area contributed by atoms with E-state index < -0.39 is 0 Å². The summed E-state index contributed by atoms with van der Waals surface area (Å²) in [7, 11) is 1.78. The summed E-state index contributed by atoms with van der Waals surface area (Å²) in [6.07, 6.45) is 0. The molecular formula is C30H24N2O2. The van der Waals surface area contributed by atoms with E-state index >= 15 is 0 Å². The summed E-state index contributed by atoms with van der Waals surface area (Å²) >= 11 is 0. The minimum absolute atomic E-state index is 0.150. The van der Waals surface area contributed by atoms with E-state index in [0.717, 1.165) is 27.1 Å². The smallest absolute Gasteiger partial charge is 0.256 e. The van der Waals surface area contributed by atoms with E-state index in [9.17, 15) is 9.59 Å². The molecule has 4 heteroatoms. The van der Waals surface area contributed by atoms with Gasteiger partial charge < -0.3 is 10.2 Å². The molecule has 0 aliphatic carbocycles. The van der Waals surface area contributed by atoms with E-state index in [1.165, 1.54) is 0 Å². The molecule has 0 unspecified atom stereocenters. The second-order valence-electron chi connectivity index (χ2n) is 8.41. The largest absolute Gasteiger partial charge is 0.337 e. The van der Waals surface area contributed by atoms with Crippen molar-refractivity contribution in [2.45, 2.75) is 6.54 Å². The molecule has 34 heavy (non-hydrogen) atoms. The average Bonchev–Trinajstić information content (AvgIpc) is 2.88. The third-order valence-electron chi connectivity index (χ3n) is 5.99. The van der Waals surface area contributed by atoms with Crippen molar-refractivity contribution in [3.8, 4) is 0 Å². The monoisotopic (exact) mass is 444 g/mol. The van der Waals surface area contributed by atoms with Crippen molar-refractivity contribution in [3.05, 3.63) is 126 Å². The molecule has 5 aromatic rings. The van der Waals surface area contributed by atoms with Crippen LogP contribution in [0.4, 0.5) is 5.69 Å². The maximum atomic E-state index is 13.5. The molecule has 0 radical (unpaired) electrons. The van der Waals surface area contributed by atoms with Crippen molar-refractivity contribution in [2.75, 3.05) is 12.4 Å². The number of carbonyl (C=O) groups is 2. The number of amides is 2. The number of anilines is 1. The third kappa shape index (κ3) is 4.39. The third-order valence-corrected chi connectivity index (χ3v) is 5.99. The first-order valence-electron chi connectivity index (χ1n) is 11.2. The van der Waals surface area contributed by atoms with E-state index in [-0.39, 0.29) is 11.8 Å². The topological polar surface area (TPSA) is 49.4 Å². The minimum Gasteiger partial charge on any atom is -0.337 e. The van der Waals surface area contributed by atoms with Crippen LogP contribution in [0.5, 0.6) is 0 Å². The number of hydrogen-bond acceptors (Lipinski definition) is 2. The summed E-state index contributed by atoms with van der Waals surface area (Å²) in [6, 6.07) is 34.9.